The van der Waals surface area contributed by atoms with Crippen LogP contribution in [0.2, 0.25) is 0 Å². The number of benzene rings is 1. The Morgan fingerprint density at radius 2 is 2.16 bits per heavy atom. The van der Waals surface area contributed by atoms with Gasteiger partial charge in [0, 0.05) is 6.20 Å². The van der Waals surface area contributed by atoms with Crippen molar-refractivity contribution in [2.45, 2.75) is 25.4 Å². The molecule has 0 radical (unpaired) electrons. The summed E-state index contributed by atoms with van der Waals surface area (Å²) in [7, 11) is 0. The summed E-state index contributed by atoms with van der Waals surface area (Å²) in [5.74, 6) is 1.82. The molecule has 1 unspecified atom stereocenters. The standard InChI is InChI=1S/C19H18N4OS/c1-2-6-18-15(4-1)21-19(25-18)16-5-3-11-23(16)12-13-7-8-17(24-13)14-9-10-20-22-14/h1-2,4,6-10,16H,3,5,11-12H2,(H,20,22). The lowest BCUT2D eigenvalue weighted by molar-refractivity contribution is 0.229. The van der Waals surface area contributed by atoms with Crippen LogP contribution in [0, 0.1) is 0 Å². The van der Waals surface area contributed by atoms with E-state index in [0.29, 0.717) is 6.04 Å². The highest BCUT2D eigenvalue weighted by Crippen LogP contribution is 2.37. The van der Waals surface area contributed by atoms with E-state index < -0.39 is 0 Å². The number of likely N-dealkylation sites (tertiary alicyclic amines) is 1. The van der Waals surface area contributed by atoms with Crippen molar-refractivity contribution in [3.63, 3.8) is 0 Å². The van der Waals surface area contributed by atoms with E-state index in [4.69, 9.17) is 9.40 Å². The third kappa shape index (κ3) is 2.77. The lowest BCUT2D eigenvalue weighted by atomic mass is 10.2. The van der Waals surface area contributed by atoms with Crippen molar-refractivity contribution in [2.24, 2.45) is 0 Å². The van der Waals surface area contributed by atoms with Gasteiger partial charge in [-0.15, -0.1) is 11.3 Å². The number of aromatic amines is 1. The molecule has 1 aliphatic rings. The first kappa shape index (κ1) is 14.9. The molecule has 1 saturated heterocycles. The van der Waals surface area contributed by atoms with Gasteiger partial charge in [-0.3, -0.25) is 10.00 Å². The first-order valence-corrected chi connectivity index (χ1v) is 9.36. The summed E-state index contributed by atoms with van der Waals surface area (Å²) in [5.41, 5.74) is 2.02. The molecule has 1 atom stereocenters. The minimum atomic E-state index is 0.387. The smallest absolute Gasteiger partial charge is 0.152 e. The summed E-state index contributed by atoms with van der Waals surface area (Å²) >= 11 is 1.82. The SMILES string of the molecule is c1ccc2sc(C3CCCN3Cc3ccc(-c4ccn[nH]4)o3)nc2c1. The van der Waals surface area contributed by atoms with Gasteiger partial charge in [0.1, 0.15) is 16.5 Å². The van der Waals surface area contributed by atoms with Crippen LogP contribution in [0.3, 0.4) is 0 Å². The maximum atomic E-state index is 6.00. The van der Waals surface area contributed by atoms with Gasteiger partial charge in [-0.1, -0.05) is 12.1 Å². The second kappa shape index (κ2) is 6.13. The van der Waals surface area contributed by atoms with Gasteiger partial charge in [-0.2, -0.15) is 5.10 Å². The Bertz CT molecular complexity index is 955. The van der Waals surface area contributed by atoms with Gasteiger partial charge in [0.2, 0.25) is 0 Å². The molecule has 0 saturated carbocycles. The highest BCUT2D eigenvalue weighted by molar-refractivity contribution is 7.18. The highest BCUT2D eigenvalue weighted by atomic mass is 32.1. The van der Waals surface area contributed by atoms with Gasteiger partial charge in [-0.05, 0) is 49.7 Å². The number of furan rings is 1. The van der Waals surface area contributed by atoms with Crippen LogP contribution < -0.4 is 0 Å². The van der Waals surface area contributed by atoms with Crippen molar-refractivity contribution in [1.29, 1.82) is 0 Å². The molecule has 1 N–H and O–H groups in total. The summed E-state index contributed by atoms with van der Waals surface area (Å²) in [4.78, 5) is 7.34. The largest absolute Gasteiger partial charge is 0.458 e. The molecular formula is C19H18N4OS. The van der Waals surface area contributed by atoms with Crippen LogP contribution in [0.25, 0.3) is 21.7 Å². The Morgan fingerprint density at radius 3 is 3.04 bits per heavy atom. The molecule has 0 aliphatic carbocycles. The lowest BCUT2D eigenvalue weighted by Gasteiger charge is -2.21. The number of para-hydroxylation sites is 1. The number of rotatable bonds is 4. The Morgan fingerprint density at radius 1 is 1.20 bits per heavy atom. The van der Waals surface area contributed by atoms with Crippen LogP contribution in [0.5, 0.6) is 0 Å². The van der Waals surface area contributed by atoms with Crippen LogP contribution >= 0.6 is 11.3 Å². The van der Waals surface area contributed by atoms with E-state index in [1.165, 1.54) is 16.1 Å². The highest BCUT2D eigenvalue weighted by Gasteiger charge is 2.29. The Hall–Kier alpha value is -2.44. The fraction of sp³-hybridized carbons (Fsp3) is 0.263. The predicted octanol–water partition coefficient (Wildman–Crippen LogP) is 4.62. The molecule has 1 aliphatic heterocycles. The molecule has 1 aromatic carbocycles. The molecule has 3 aromatic heterocycles. The minimum Gasteiger partial charge on any atom is -0.458 e. The molecular weight excluding hydrogens is 332 g/mol. The van der Waals surface area contributed by atoms with Crippen LogP contribution in [0.4, 0.5) is 0 Å². The number of hydrogen-bond acceptors (Lipinski definition) is 5. The van der Waals surface area contributed by atoms with Crippen molar-refractivity contribution < 1.29 is 4.42 Å². The Labute approximate surface area is 149 Å². The lowest BCUT2D eigenvalue weighted by Crippen LogP contribution is -2.22. The van der Waals surface area contributed by atoms with Crippen molar-refractivity contribution in [3.05, 3.63) is 59.4 Å². The topological polar surface area (TPSA) is 58.0 Å². The van der Waals surface area contributed by atoms with Gasteiger partial charge in [-0.25, -0.2) is 4.98 Å². The zero-order valence-corrected chi connectivity index (χ0v) is 14.5. The average molecular weight is 350 g/mol. The summed E-state index contributed by atoms with van der Waals surface area (Å²) < 4.78 is 7.27. The van der Waals surface area contributed by atoms with E-state index in [2.05, 4.69) is 45.4 Å². The van der Waals surface area contributed by atoms with Gasteiger partial charge in [0.25, 0.3) is 0 Å². The second-order valence-corrected chi connectivity index (χ2v) is 7.45. The molecule has 4 heterocycles. The van der Waals surface area contributed by atoms with E-state index in [9.17, 15) is 0 Å². The van der Waals surface area contributed by atoms with Gasteiger partial charge in [0.15, 0.2) is 5.76 Å². The third-order valence-electron chi connectivity index (χ3n) is 4.75. The van der Waals surface area contributed by atoms with Crippen molar-refractivity contribution >= 4 is 21.6 Å². The van der Waals surface area contributed by atoms with E-state index in [1.54, 1.807) is 6.20 Å². The normalized spacial score (nSPS) is 18.3. The molecule has 6 heteroatoms. The summed E-state index contributed by atoms with van der Waals surface area (Å²) in [6.45, 7) is 1.90. The molecule has 1 fully saturated rings. The monoisotopic (exact) mass is 350 g/mol. The fourth-order valence-corrected chi connectivity index (χ4v) is 4.67. The van der Waals surface area contributed by atoms with E-state index in [0.717, 1.165) is 42.2 Å². The maximum Gasteiger partial charge on any atom is 0.152 e. The Kier molecular flexibility index (Phi) is 3.64. The summed E-state index contributed by atoms with van der Waals surface area (Å²) in [6, 6.07) is 14.8. The molecule has 25 heavy (non-hydrogen) atoms. The third-order valence-corrected chi connectivity index (χ3v) is 5.88. The average Bonchev–Trinajstić information content (AvgIpc) is 3.41. The maximum absolute atomic E-state index is 6.00. The second-order valence-electron chi connectivity index (χ2n) is 6.38. The van der Waals surface area contributed by atoms with Gasteiger partial charge < -0.3 is 4.42 Å². The molecule has 4 aromatic rings. The zero-order chi connectivity index (χ0) is 16.6. The molecule has 126 valence electrons. The van der Waals surface area contributed by atoms with E-state index in [-0.39, 0.29) is 0 Å². The van der Waals surface area contributed by atoms with Crippen molar-refractivity contribution in [2.75, 3.05) is 6.54 Å². The fourth-order valence-electron chi connectivity index (χ4n) is 3.53. The predicted molar refractivity (Wildman–Crippen MR) is 98.3 cm³/mol. The van der Waals surface area contributed by atoms with Crippen molar-refractivity contribution in [3.8, 4) is 11.5 Å². The molecule has 0 bridgehead atoms. The number of thiazole rings is 1. The summed E-state index contributed by atoms with van der Waals surface area (Å²) in [5, 5.41) is 8.15. The van der Waals surface area contributed by atoms with Crippen LogP contribution in [-0.2, 0) is 6.54 Å². The molecule has 5 nitrogen and oxygen atoms in total. The zero-order valence-electron chi connectivity index (χ0n) is 13.7. The number of aromatic nitrogens is 3. The van der Waals surface area contributed by atoms with Gasteiger partial charge >= 0.3 is 0 Å². The van der Waals surface area contributed by atoms with E-state index in [1.807, 2.05) is 23.5 Å². The quantitative estimate of drug-likeness (QED) is 0.583. The van der Waals surface area contributed by atoms with Crippen LogP contribution in [-0.4, -0.2) is 26.6 Å². The first-order valence-electron chi connectivity index (χ1n) is 8.55. The Balaban J connectivity index is 1.38. The van der Waals surface area contributed by atoms with Crippen LogP contribution in [0.1, 0.15) is 29.7 Å². The molecule has 5 rings (SSSR count). The summed E-state index contributed by atoms with van der Waals surface area (Å²) in [6.07, 6.45) is 4.10. The minimum absolute atomic E-state index is 0.387. The number of nitrogens with zero attached hydrogens (tertiary/aromatic N) is 3. The van der Waals surface area contributed by atoms with Gasteiger partial charge in [0.05, 0.1) is 22.8 Å². The van der Waals surface area contributed by atoms with E-state index >= 15 is 0 Å². The number of hydrogen-bond donors (Lipinski definition) is 1. The van der Waals surface area contributed by atoms with Crippen molar-refractivity contribution in [1.82, 2.24) is 20.1 Å². The molecule has 0 spiro atoms. The number of fused-ring (bicyclic) bond motifs is 1. The van der Waals surface area contributed by atoms with Crippen LogP contribution in [0.15, 0.2) is 53.1 Å². The first-order chi connectivity index (χ1) is 12.4. The molecule has 0 amide bonds. The number of nitrogens with one attached hydrogen (secondary N) is 1. The number of H-pyrrole nitrogens is 1.